The predicted octanol–water partition coefficient (Wildman–Crippen LogP) is 9.24. The number of carbonyl (C=O) groups excluding carboxylic acids is 4. The number of esters is 2. The Kier molecular flexibility index (Phi) is 50.2. The van der Waals surface area contributed by atoms with Gasteiger partial charge in [-0.25, -0.2) is 0 Å². The standard InChI is InChI=1S/C68H132N2O23P2/c1-5-9-13-17-21-25-29-33-37-41-51(72)45-57(76)69-61-65(90-59(78)47-53(74)43-39-35-31-27-23-19-15-11-7-3)63(80)56(89-68(61)93-95(84,85)86)50-87-67-62(70-58(77)46-52(73)42-38-34-30-26-22-18-14-10-6-2)66(64(55(49-71)88-67)92-94(81,82)83)91-60(79)48-54(75)44-40-36-32-28-24-20-16-12-8-4/h26,30,51-56,61-68,71-75,80-86,94-95H,5-25,27-29,31-50H2,1-4H3,(H,69,76)(H,70,77)/b30-26-/t51?,52?,53?,54?,55?,56?,61?,62?,63-,64-,65-,66-,67-,68-/m1/s1. The number of unbranched alkanes of at least 4 members (excludes halogenated alkanes) is 29. The first-order valence-corrected chi connectivity index (χ1v) is 40.2. The number of rotatable bonds is 59. The van der Waals surface area contributed by atoms with E-state index in [1.807, 2.05) is 6.08 Å². The minimum absolute atomic E-state index is 0.182. The molecule has 14 atom stereocenters. The van der Waals surface area contributed by atoms with Crippen LogP contribution in [0.5, 0.6) is 0 Å². The van der Waals surface area contributed by atoms with Crippen molar-refractivity contribution < 1.29 is 112 Å². The van der Waals surface area contributed by atoms with Gasteiger partial charge in [-0.3, -0.25) is 0 Å². The van der Waals surface area contributed by atoms with Gasteiger partial charge in [0.05, 0.1) is 0 Å². The van der Waals surface area contributed by atoms with E-state index in [0.29, 0.717) is 32.1 Å². The third kappa shape index (κ3) is 43.3. The van der Waals surface area contributed by atoms with Crippen LogP contribution in [0, 0.1) is 0 Å². The van der Waals surface area contributed by atoms with Gasteiger partial charge in [-0.05, 0) is 12.8 Å². The Morgan fingerprint density at radius 2 is 0.758 bits per heavy atom. The molecule has 0 aliphatic carbocycles. The number of hydrogen-bond acceptors (Lipinski definition) is 23. The number of carbonyl (C=O) groups is 4. The molecule has 25 nitrogen and oxygen atoms in total. The average molecular weight is 1410 g/mol. The Balaban J connectivity index is 2.55. The zero-order valence-corrected chi connectivity index (χ0v) is 60.2. The zero-order chi connectivity index (χ0) is 70.3. The van der Waals surface area contributed by atoms with E-state index in [1.165, 1.54) is 38.5 Å². The van der Waals surface area contributed by atoms with Crippen molar-refractivity contribution in [3.05, 3.63) is 12.2 Å². The van der Waals surface area contributed by atoms with Gasteiger partial charge in [0.15, 0.2) is 0 Å². The molecule has 2 fully saturated rings. The number of aliphatic hydroxyl groups excluding tert-OH is 6. The molecule has 0 spiro atoms. The summed E-state index contributed by atoms with van der Waals surface area (Å²) in [6, 6.07) is -3.67. The van der Waals surface area contributed by atoms with Crippen LogP contribution in [-0.2, 0) is 51.9 Å². The molecule has 2 aliphatic heterocycles. The molecule has 2 amide bonds. The molecule has 0 aromatic rings. The fourth-order valence-electron chi connectivity index (χ4n) is 12.2. The van der Waals surface area contributed by atoms with E-state index in [0.717, 1.165) is 148 Å². The molecule has 95 heavy (non-hydrogen) atoms. The summed E-state index contributed by atoms with van der Waals surface area (Å²) in [6.45, 7) is 6.61. The van der Waals surface area contributed by atoms with Gasteiger partial charge in [-0.15, -0.1) is 0 Å². The molecular weight excluding hydrogens is 1270 g/mol. The maximum absolute atomic E-state index is 14.1. The summed E-state index contributed by atoms with van der Waals surface area (Å²) >= 11 is 0. The van der Waals surface area contributed by atoms with Crippen molar-refractivity contribution in [1.82, 2.24) is 10.6 Å². The molecule has 0 radical (unpaired) electrons. The Morgan fingerprint density at radius 3 is 1.16 bits per heavy atom. The smallest absolute Gasteiger partial charge is 0.0654 e. The fraction of sp³-hybridized carbons (Fsp3) is 0.912. The monoisotopic (exact) mass is 1410 g/mol. The summed E-state index contributed by atoms with van der Waals surface area (Å²) in [7, 11) is -11.3. The molecule has 14 N–H and O–H groups in total. The number of aliphatic hydroxyl groups is 6. The van der Waals surface area contributed by atoms with E-state index in [4.69, 9.17) is 32.7 Å². The van der Waals surface area contributed by atoms with Gasteiger partial charge < -0.3 is 0 Å². The third-order valence-electron chi connectivity index (χ3n) is 17.6. The molecule has 2 heterocycles. The number of amides is 2. The topological polar surface area (TPSA) is 400 Å². The van der Waals surface area contributed by atoms with E-state index >= 15 is 0 Å². The summed E-state index contributed by atoms with van der Waals surface area (Å²) in [5, 5.41) is 72.3. The van der Waals surface area contributed by atoms with Crippen LogP contribution in [0.3, 0.4) is 0 Å². The number of allylic oxidation sites excluding steroid dienone is 2. The first-order valence-electron chi connectivity index (χ1n) is 36.7. The molecule has 8 unspecified atom stereocenters. The van der Waals surface area contributed by atoms with Crippen LogP contribution in [0.2, 0.25) is 0 Å². The number of nitrogens with one attached hydrogen (secondary N) is 2. The molecule has 2 saturated heterocycles. The van der Waals surface area contributed by atoms with Gasteiger partial charge in [-0.1, -0.05) is 156 Å². The average Bonchev–Trinajstić information content (AvgIpc) is 0.788. The van der Waals surface area contributed by atoms with Crippen LogP contribution in [0.1, 0.15) is 297 Å². The second kappa shape index (κ2) is 53.6. The van der Waals surface area contributed by atoms with Crippen molar-refractivity contribution >= 4 is 40.1 Å². The Labute approximate surface area is 568 Å². The minimum atomic E-state index is -5.70. The van der Waals surface area contributed by atoms with Gasteiger partial charge in [-0.2, -0.15) is 0 Å². The second-order valence-electron chi connectivity index (χ2n) is 26.6. The molecule has 0 aromatic carbocycles. The van der Waals surface area contributed by atoms with E-state index in [-0.39, 0.29) is 25.7 Å². The van der Waals surface area contributed by atoms with E-state index < -0.39 is 165 Å². The van der Waals surface area contributed by atoms with Crippen LogP contribution >= 0.6 is 16.3 Å². The summed E-state index contributed by atoms with van der Waals surface area (Å²) < 4.78 is 40.4. The second-order valence-corrected chi connectivity index (χ2v) is 29.3. The summed E-state index contributed by atoms with van der Waals surface area (Å²) in [5.74, 6) is -3.93. The zero-order valence-electron chi connectivity index (χ0n) is 58.2. The third-order valence-corrected chi connectivity index (χ3v) is 18.7. The number of hydrogen-bond donors (Lipinski definition) is 14. The molecule has 27 heteroatoms. The van der Waals surface area contributed by atoms with Crippen molar-refractivity contribution in [1.29, 1.82) is 0 Å². The molecule has 2 rings (SSSR count). The summed E-state index contributed by atoms with van der Waals surface area (Å²) in [4.78, 5) is 118. The molecular formula is C68H132N2O23P2. The Morgan fingerprint density at radius 1 is 0.421 bits per heavy atom. The Hall–Kier alpha value is -2.20. The molecule has 562 valence electrons. The van der Waals surface area contributed by atoms with Crippen molar-refractivity contribution in [2.45, 2.75) is 383 Å². The van der Waals surface area contributed by atoms with Crippen molar-refractivity contribution in [2.24, 2.45) is 0 Å². The van der Waals surface area contributed by atoms with Gasteiger partial charge in [0.25, 0.3) is 0 Å². The van der Waals surface area contributed by atoms with Crippen LogP contribution in [0.4, 0.5) is 0 Å². The first-order chi connectivity index (χ1) is 45.4. The minimum Gasteiger partial charge on any atom is -0.0654 e. The SMILES string of the molecule is CCCCCC/C=C\CCCC(O)CC(=O)NC1[C@H](OCC2O[C@H](O[PH](O)(O)O)C(NC(=O)CC(O)CCCCCCCCCCC)[C@@H](OC(=O)CC(O)CCCCCCCCCCC)[C@@H]2O)OC(CO)[C@@H](O[PH](O)(O)O)[C@@H]1OC(=O)CC(O)CCCCCCCCCCC. The first kappa shape index (κ1) is 88.9. The number of ether oxygens (including phenoxy) is 5. The Bertz CT molecular complexity index is 1990. The van der Waals surface area contributed by atoms with E-state index in [9.17, 15) is 79.2 Å². The van der Waals surface area contributed by atoms with Crippen molar-refractivity contribution in [2.75, 3.05) is 13.2 Å². The normalized spacial score (nSPS) is 23.5. The van der Waals surface area contributed by atoms with Crippen LogP contribution in [0.25, 0.3) is 0 Å². The van der Waals surface area contributed by atoms with E-state index in [1.54, 1.807) is 0 Å². The van der Waals surface area contributed by atoms with Gasteiger partial charge in [0, 0.05) is 0 Å². The van der Waals surface area contributed by atoms with Crippen molar-refractivity contribution in [3.8, 4) is 0 Å². The van der Waals surface area contributed by atoms with Crippen LogP contribution < -0.4 is 10.6 Å². The van der Waals surface area contributed by atoms with Gasteiger partial charge >= 0.3 is 402 Å². The maximum atomic E-state index is 14.1. The van der Waals surface area contributed by atoms with Crippen LogP contribution in [0.15, 0.2) is 12.2 Å². The van der Waals surface area contributed by atoms with E-state index in [2.05, 4.69) is 44.4 Å². The molecule has 0 aromatic heterocycles. The predicted molar refractivity (Wildman–Crippen MR) is 366 cm³/mol. The van der Waals surface area contributed by atoms with Gasteiger partial charge in [0.1, 0.15) is 0 Å². The molecule has 2 aliphatic rings. The molecule has 0 bridgehead atoms. The summed E-state index contributed by atoms with van der Waals surface area (Å²) in [6.07, 6.45) is 16.0. The fourth-order valence-corrected chi connectivity index (χ4v) is 13.3. The summed E-state index contributed by atoms with van der Waals surface area (Å²) in [5.41, 5.74) is 0. The van der Waals surface area contributed by atoms with Crippen LogP contribution in [-0.4, -0.2) is 183 Å². The molecule has 0 saturated carbocycles. The quantitative estimate of drug-likeness (QED) is 0.0117. The van der Waals surface area contributed by atoms with Gasteiger partial charge in [0.2, 0.25) is 0 Å². The van der Waals surface area contributed by atoms with Crippen molar-refractivity contribution in [3.63, 3.8) is 0 Å².